The van der Waals surface area contributed by atoms with Crippen LogP contribution in [-0.2, 0) is 13.1 Å². The average Bonchev–Trinajstić information content (AvgIpc) is 3.24. The summed E-state index contributed by atoms with van der Waals surface area (Å²) in [5.74, 6) is 1.04. The molecule has 3 aromatic carbocycles. The molecule has 31 heavy (non-hydrogen) atoms. The van der Waals surface area contributed by atoms with Crippen LogP contribution in [0.1, 0.15) is 21.5 Å². The van der Waals surface area contributed by atoms with Crippen molar-refractivity contribution in [2.24, 2.45) is 0 Å². The van der Waals surface area contributed by atoms with Gasteiger partial charge >= 0.3 is 6.03 Å². The quantitative estimate of drug-likeness (QED) is 0.670. The number of anilines is 2. The van der Waals surface area contributed by atoms with Crippen LogP contribution >= 0.6 is 0 Å². The maximum absolute atomic E-state index is 12.6. The van der Waals surface area contributed by atoms with Crippen LogP contribution in [0.2, 0.25) is 0 Å². The Bertz CT molecular complexity index is 1120. The first-order valence-corrected chi connectivity index (χ1v) is 10.1. The summed E-state index contributed by atoms with van der Waals surface area (Å²) >= 11 is 0. The molecule has 0 radical (unpaired) electrons. The lowest BCUT2D eigenvalue weighted by Gasteiger charge is -2.19. The number of urea groups is 1. The summed E-state index contributed by atoms with van der Waals surface area (Å²) in [6.45, 7) is 2.20. The van der Waals surface area contributed by atoms with Gasteiger partial charge in [0, 0.05) is 36.1 Å². The molecule has 7 nitrogen and oxygen atoms in total. The number of nitrogens with one attached hydrogen (secondary N) is 2. The molecule has 0 spiro atoms. The molecule has 3 aromatic rings. The number of amides is 3. The Morgan fingerprint density at radius 3 is 2.10 bits per heavy atom. The molecule has 7 heteroatoms. The summed E-state index contributed by atoms with van der Waals surface area (Å²) in [4.78, 5) is 26.9. The third-order valence-electron chi connectivity index (χ3n) is 5.33. The van der Waals surface area contributed by atoms with Crippen LogP contribution in [0.15, 0.2) is 66.7 Å². The zero-order valence-electron chi connectivity index (χ0n) is 16.8. The van der Waals surface area contributed by atoms with E-state index in [4.69, 9.17) is 9.47 Å². The summed E-state index contributed by atoms with van der Waals surface area (Å²) < 4.78 is 11.0. The molecule has 2 aliphatic heterocycles. The number of hydrogen-bond acceptors (Lipinski definition) is 4. The third-order valence-corrected chi connectivity index (χ3v) is 5.33. The Hall–Kier alpha value is -4.00. The van der Waals surface area contributed by atoms with Gasteiger partial charge in [0.15, 0.2) is 11.5 Å². The number of benzene rings is 3. The summed E-state index contributed by atoms with van der Waals surface area (Å²) in [5, 5.41) is 5.75. The van der Waals surface area contributed by atoms with Crippen molar-refractivity contribution in [2.45, 2.75) is 13.1 Å². The first-order chi connectivity index (χ1) is 15.2. The number of nitrogens with zero attached hydrogens (tertiary/aromatic N) is 1. The first-order valence-electron chi connectivity index (χ1n) is 10.1. The predicted octanol–water partition coefficient (Wildman–Crippen LogP) is 4.26. The number of fused-ring (bicyclic) bond motifs is 2. The monoisotopic (exact) mass is 415 g/mol. The van der Waals surface area contributed by atoms with E-state index in [9.17, 15) is 9.59 Å². The van der Waals surface area contributed by atoms with Crippen LogP contribution in [0.5, 0.6) is 11.5 Å². The van der Waals surface area contributed by atoms with Gasteiger partial charge in [-0.15, -0.1) is 0 Å². The van der Waals surface area contributed by atoms with Gasteiger partial charge in [-0.1, -0.05) is 24.3 Å². The second-order valence-electron chi connectivity index (χ2n) is 7.44. The van der Waals surface area contributed by atoms with E-state index in [-0.39, 0.29) is 11.9 Å². The van der Waals surface area contributed by atoms with E-state index < -0.39 is 0 Å². The topological polar surface area (TPSA) is 79.9 Å². The average molecular weight is 415 g/mol. The molecule has 0 atom stereocenters. The van der Waals surface area contributed by atoms with Crippen molar-refractivity contribution in [1.29, 1.82) is 0 Å². The van der Waals surface area contributed by atoms with Crippen LogP contribution < -0.4 is 20.1 Å². The summed E-state index contributed by atoms with van der Waals surface area (Å²) in [6, 6.07) is 20.0. The lowest BCUT2D eigenvalue weighted by atomic mass is 10.1. The second-order valence-corrected chi connectivity index (χ2v) is 7.44. The molecular formula is C24H21N3O4. The Balaban J connectivity index is 1.20. The van der Waals surface area contributed by atoms with Crippen molar-refractivity contribution in [1.82, 2.24) is 4.90 Å². The molecule has 2 N–H and O–H groups in total. The van der Waals surface area contributed by atoms with Gasteiger partial charge in [0.2, 0.25) is 0 Å². The fourth-order valence-corrected chi connectivity index (χ4v) is 3.71. The smallest absolute Gasteiger partial charge is 0.322 e. The predicted molar refractivity (Wildman–Crippen MR) is 117 cm³/mol. The van der Waals surface area contributed by atoms with Gasteiger partial charge in [0.05, 0.1) is 0 Å². The van der Waals surface area contributed by atoms with Crippen molar-refractivity contribution in [3.8, 4) is 11.5 Å². The largest absolute Gasteiger partial charge is 0.486 e. The molecule has 156 valence electrons. The number of carbonyl (C=O) groups is 2. The van der Waals surface area contributed by atoms with Crippen LogP contribution in [0.4, 0.5) is 16.2 Å². The van der Waals surface area contributed by atoms with Crippen LogP contribution in [0.25, 0.3) is 0 Å². The minimum absolute atomic E-state index is 0.162. The van der Waals surface area contributed by atoms with Crippen molar-refractivity contribution >= 4 is 23.3 Å². The third kappa shape index (κ3) is 4.02. The van der Waals surface area contributed by atoms with E-state index >= 15 is 0 Å². The van der Waals surface area contributed by atoms with Crippen LogP contribution in [0, 0.1) is 0 Å². The molecule has 5 rings (SSSR count). The van der Waals surface area contributed by atoms with E-state index in [0.717, 1.165) is 0 Å². The van der Waals surface area contributed by atoms with E-state index in [1.165, 1.54) is 11.1 Å². The zero-order valence-corrected chi connectivity index (χ0v) is 16.8. The Labute approximate surface area is 179 Å². The number of rotatable bonds is 3. The Morgan fingerprint density at radius 2 is 1.39 bits per heavy atom. The van der Waals surface area contributed by atoms with Crippen LogP contribution in [0.3, 0.4) is 0 Å². The highest BCUT2D eigenvalue weighted by molar-refractivity contribution is 6.04. The number of ether oxygens (including phenoxy) is 2. The summed E-state index contributed by atoms with van der Waals surface area (Å²) in [5.41, 5.74) is 4.09. The van der Waals surface area contributed by atoms with Crippen molar-refractivity contribution < 1.29 is 19.1 Å². The van der Waals surface area contributed by atoms with Crippen molar-refractivity contribution in [2.75, 3.05) is 23.8 Å². The van der Waals surface area contributed by atoms with Crippen molar-refractivity contribution in [3.05, 3.63) is 83.4 Å². The van der Waals surface area contributed by atoms with Gasteiger partial charge in [0.1, 0.15) is 13.2 Å². The molecule has 0 aliphatic carbocycles. The molecule has 0 fully saturated rings. The molecule has 2 heterocycles. The van der Waals surface area contributed by atoms with Gasteiger partial charge in [-0.25, -0.2) is 4.79 Å². The highest BCUT2D eigenvalue weighted by Crippen LogP contribution is 2.32. The van der Waals surface area contributed by atoms with Gasteiger partial charge in [-0.05, 0) is 47.5 Å². The first kappa shape index (κ1) is 19.0. The highest BCUT2D eigenvalue weighted by Gasteiger charge is 2.23. The second kappa shape index (κ2) is 8.02. The molecular weight excluding hydrogens is 394 g/mol. The van der Waals surface area contributed by atoms with E-state index in [2.05, 4.69) is 10.6 Å². The fraction of sp³-hybridized carbons (Fsp3) is 0.167. The van der Waals surface area contributed by atoms with Gasteiger partial charge in [0.25, 0.3) is 5.91 Å². The normalized spacial score (nSPS) is 14.0. The van der Waals surface area contributed by atoms with Crippen molar-refractivity contribution in [3.63, 3.8) is 0 Å². The maximum Gasteiger partial charge on any atom is 0.322 e. The van der Waals surface area contributed by atoms with E-state index in [1.807, 2.05) is 24.3 Å². The standard InChI is InChI=1S/C24H21N3O4/c28-23(25-20-9-10-21-22(13-20)31-12-11-30-21)16-5-7-19(8-6-16)26-24(29)27-14-17-3-1-2-4-18(17)15-27/h1-10,13H,11-12,14-15H2,(H,25,28)(H,26,29). The van der Waals surface area contributed by atoms with E-state index in [0.29, 0.717) is 54.7 Å². The summed E-state index contributed by atoms with van der Waals surface area (Å²) in [6.07, 6.45) is 0. The molecule has 3 amide bonds. The maximum atomic E-state index is 12.6. The molecule has 0 saturated heterocycles. The Kier molecular flexibility index (Phi) is 4.92. The minimum Gasteiger partial charge on any atom is -0.486 e. The number of hydrogen-bond donors (Lipinski definition) is 2. The molecule has 0 aromatic heterocycles. The molecule has 0 unspecified atom stereocenters. The number of carbonyl (C=O) groups excluding carboxylic acids is 2. The highest BCUT2D eigenvalue weighted by atomic mass is 16.6. The summed E-state index contributed by atoms with van der Waals surface area (Å²) in [7, 11) is 0. The minimum atomic E-state index is -0.246. The molecule has 0 bridgehead atoms. The van der Waals surface area contributed by atoms with Gasteiger partial charge < -0.3 is 25.0 Å². The van der Waals surface area contributed by atoms with Crippen LogP contribution in [-0.4, -0.2) is 30.1 Å². The molecule has 2 aliphatic rings. The Morgan fingerprint density at radius 1 is 0.742 bits per heavy atom. The van der Waals surface area contributed by atoms with E-state index in [1.54, 1.807) is 47.4 Å². The lowest BCUT2D eigenvalue weighted by molar-refractivity contribution is 0.102. The lowest BCUT2D eigenvalue weighted by Crippen LogP contribution is -2.30. The molecule has 0 saturated carbocycles. The zero-order chi connectivity index (χ0) is 21.2. The van der Waals surface area contributed by atoms with Gasteiger partial charge in [-0.3, -0.25) is 4.79 Å². The fourth-order valence-electron chi connectivity index (χ4n) is 3.71. The SMILES string of the molecule is O=C(Nc1ccc2c(c1)OCCO2)c1ccc(NC(=O)N2Cc3ccccc3C2)cc1. The van der Waals surface area contributed by atoms with Gasteiger partial charge in [-0.2, -0.15) is 0 Å².